The first kappa shape index (κ1) is 16.6. The molecular formula is C19H18F2N4O. The van der Waals surface area contributed by atoms with Crippen molar-refractivity contribution in [1.82, 2.24) is 19.7 Å². The Hall–Kier alpha value is -2.83. The van der Waals surface area contributed by atoms with E-state index in [-0.39, 0.29) is 18.0 Å². The molecule has 0 atom stereocenters. The fourth-order valence-corrected chi connectivity index (χ4v) is 3.01. The van der Waals surface area contributed by atoms with E-state index in [1.165, 1.54) is 12.1 Å². The molecule has 0 spiro atoms. The Morgan fingerprint density at radius 1 is 1.19 bits per heavy atom. The summed E-state index contributed by atoms with van der Waals surface area (Å²) in [5, 5.41) is 4.25. The molecule has 134 valence electrons. The third-order valence-electron chi connectivity index (χ3n) is 4.69. The normalized spacial score (nSPS) is 14.5. The van der Waals surface area contributed by atoms with Crippen LogP contribution in [0.3, 0.4) is 0 Å². The fraction of sp³-hybridized carbons (Fsp3) is 0.316. The molecule has 0 radical (unpaired) electrons. The van der Waals surface area contributed by atoms with Crippen LogP contribution in [-0.4, -0.2) is 38.7 Å². The fourth-order valence-electron chi connectivity index (χ4n) is 3.01. The number of amides is 1. The molecule has 3 aromatic rings. The van der Waals surface area contributed by atoms with Gasteiger partial charge in [0.05, 0.1) is 11.7 Å². The van der Waals surface area contributed by atoms with Gasteiger partial charge in [-0.1, -0.05) is 18.2 Å². The van der Waals surface area contributed by atoms with Crippen LogP contribution in [0.1, 0.15) is 18.9 Å². The van der Waals surface area contributed by atoms with E-state index >= 15 is 0 Å². The van der Waals surface area contributed by atoms with E-state index < -0.39 is 5.92 Å². The Balaban J connectivity index is 1.69. The molecule has 1 fully saturated rings. The Labute approximate surface area is 149 Å². The zero-order valence-electron chi connectivity index (χ0n) is 14.3. The Morgan fingerprint density at radius 3 is 2.69 bits per heavy atom. The summed E-state index contributed by atoms with van der Waals surface area (Å²) < 4.78 is 28.8. The van der Waals surface area contributed by atoms with Crippen molar-refractivity contribution in [2.24, 2.45) is 0 Å². The van der Waals surface area contributed by atoms with Crippen LogP contribution in [0.5, 0.6) is 0 Å². The van der Waals surface area contributed by atoms with Crippen molar-refractivity contribution in [3.63, 3.8) is 0 Å². The third-order valence-corrected chi connectivity index (χ3v) is 4.69. The maximum absolute atomic E-state index is 13.6. The lowest BCUT2D eigenvalue weighted by Gasteiger charge is -2.30. The van der Waals surface area contributed by atoms with Crippen LogP contribution in [0.4, 0.5) is 8.78 Å². The molecule has 7 heteroatoms. The molecule has 1 aliphatic rings. The molecule has 1 amide bonds. The van der Waals surface area contributed by atoms with Gasteiger partial charge < -0.3 is 4.90 Å². The molecule has 1 aromatic carbocycles. The number of hydrogen-bond acceptors (Lipinski definition) is 3. The van der Waals surface area contributed by atoms with Gasteiger partial charge in [-0.25, -0.2) is 8.78 Å². The Bertz CT molecular complexity index is 973. The zero-order valence-corrected chi connectivity index (χ0v) is 14.3. The number of fused-ring (bicyclic) bond motifs is 1. The van der Waals surface area contributed by atoms with Gasteiger partial charge in [-0.2, -0.15) is 5.10 Å². The number of aromatic nitrogens is 3. The summed E-state index contributed by atoms with van der Waals surface area (Å²) in [6.45, 7) is 2.62. The van der Waals surface area contributed by atoms with Crippen LogP contribution in [0.25, 0.3) is 22.2 Å². The molecule has 0 saturated carbocycles. The van der Waals surface area contributed by atoms with Crippen molar-refractivity contribution in [2.75, 3.05) is 13.1 Å². The number of hydrogen-bond donors (Lipinski definition) is 0. The van der Waals surface area contributed by atoms with E-state index in [1.807, 2.05) is 6.07 Å². The third kappa shape index (κ3) is 3.05. The smallest absolute Gasteiger partial charge is 0.270 e. The highest BCUT2D eigenvalue weighted by Crippen LogP contribution is 2.31. The molecule has 5 nitrogen and oxygen atoms in total. The van der Waals surface area contributed by atoms with Crippen LogP contribution in [-0.2, 0) is 17.3 Å². The lowest BCUT2D eigenvalue weighted by molar-refractivity contribution is -0.135. The van der Waals surface area contributed by atoms with Gasteiger partial charge in [0.15, 0.2) is 0 Å². The number of likely N-dealkylation sites (tertiary alicyclic amines) is 1. The van der Waals surface area contributed by atoms with Crippen LogP contribution in [0.15, 0.2) is 42.7 Å². The molecule has 1 aliphatic heterocycles. The summed E-state index contributed by atoms with van der Waals surface area (Å²) in [7, 11) is 0. The van der Waals surface area contributed by atoms with Crippen molar-refractivity contribution >= 4 is 16.9 Å². The molecule has 0 aliphatic carbocycles. The number of pyridine rings is 1. The van der Waals surface area contributed by atoms with Gasteiger partial charge in [-0.3, -0.25) is 14.5 Å². The van der Waals surface area contributed by atoms with Crippen LogP contribution in [0, 0.1) is 0 Å². The summed E-state index contributed by atoms with van der Waals surface area (Å²) in [6.07, 6.45) is 4.29. The van der Waals surface area contributed by atoms with Crippen molar-refractivity contribution in [3.8, 4) is 11.1 Å². The van der Waals surface area contributed by atoms with E-state index in [4.69, 9.17) is 0 Å². The van der Waals surface area contributed by atoms with E-state index in [1.54, 1.807) is 34.1 Å². The minimum Gasteiger partial charge on any atom is -0.341 e. The number of alkyl halides is 2. The number of carbonyl (C=O) groups excluding carboxylic acids is 1. The molecule has 3 heterocycles. The maximum Gasteiger partial charge on any atom is 0.270 e. The van der Waals surface area contributed by atoms with Gasteiger partial charge in [-0.05, 0) is 24.1 Å². The van der Waals surface area contributed by atoms with Crippen molar-refractivity contribution in [1.29, 1.82) is 0 Å². The summed E-state index contributed by atoms with van der Waals surface area (Å²) in [6, 6.07) is 8.09. The predicted octanol–water partition coefficient (Wildman–Crippen LogP) is 3.44. The van der Waals surface area contributed by atoms with Gasteiger partial charge in [0.1, 0.15) is 12.1 Å². The van der Waals surface area contributed by atoms with Gasteiger partial charge in [0.2, 0.25) is 5.91 Å². The number of benzene rings is 1. The molecule has 26 heavy (non-hydrogen) atoms. The van der Waals surface area contributed by atoms with Crippen LogP contribution < -0.4 is 0 Å². The molecule has 0 N–H and O–H groups in total. The summed E-state index contributed by atoms with van der Waals surface area (Å²) in [4.78, 5) is 18.4. The first-order valence-corrected chi connectivity index (χ1v) is 8.50. The Kier molecular flexibility index (Phi) is 3.94. The van der Waals surface area contributed by atoms with Gasteiger partial charge in [0.25, 0.3) is 5.92 Å². The van der Waals surface area contributed by atoms with Crippen LogP contribution >= 0.6 is 0 Å². The zero-order chi connectivity index (χ0) is 18.3. The number of halogens is 2. The van der Waals surface area contributed by atoms with Crippen LogP contribution in [0.2, 0.25) is 0 Å². The molecule has 0 unspecified atom stereocenters. The summed E-state index contributed by atoms with van der Waals surface area (Å²) >= 11 is 0. The maximum atomic E-state index is 13.6. The highest BCUT2D eigenvalue weighted by atomic mass is 19.3. The first-order valence-electron chi connectivity index (χ1n) is 8.50. The average molecular weight is 356 g/mol. The quantitative estimate of drug-likeness (QED) is 0.720. The molecule has 0 bridgehead atoms. The topological polar surface area (TPSA) is 51.0 Å². The van der Waals surface area contributed by atoms with Gasteiger partial charge in [0, 0.05) is 37.3 Å². The van der Waals surface area contributed by atoms with E-state index in [9.17, 15) is 13.6 Å². The number of carbonyl (C=O) groups is 1. The van der Waals surface area contributed by atoms with Crippen molar-refractivity contribution in [3.05, 3.63) is 48.3 Å². The highest BCUT2D eigenvalue weighted by molar-refractivity contribution is 5.83. The lowest BCUT2D eigenvalue weighted by Crippen LogP contribution is -2.43. The van der Waals surface area contributed by atoms with E-state index in [2.05, 4.69) is 10.1 Å². The van der Waals surface area contributed by atoms with Crippen molar-refractivity contribution in [2.45, 2.75) is 25.8 Å². The molecule has 1 saturated heterocycles. The predicted molar refractivity (Wildman–Crippen MR) is 93.7 cm³/mol. The molecule has 2 aromatic heterocycles. The minimum atomic E-state index is -2.90. The van der Waals surface area contributed by atoms with E-state index in [0.29, 0.717) is 22.2 Å². The average Bonchev–Trinajstić information content (AvgIpc) is 2.95. The van der Waals surface area contributed by atoms with E-state index in [0.717, 1.165) is 26.4 Å². The first-order chi connectivity index (χ1) is 12.4. The highest BCUT2D eigenvalue weighted by Gasteiger charge is 2.24. The second-order valence-electron chi connectivity index (χ2n) is 6.63. The number of nitrogens with zero attached hydrogens (tertiary/aromatic N) is 4. The monoisotopic (exact) mass is 356 g/mol. The Morgan fingerprint density at radius 2 is 2.00 bits per heavy atom. The summed E-state index contributed by atoms with van der Waals surface area (Å²) in [5.74, 6) is -2.88. The van der Waals surface area contributed by atoms with Crippen molar-refractivity contribution < 1.29 is 13.6 Å². The standard InChI is InChI=1S/C19H18F2N4O/c1-19(20,21)15-5-2-4-13(8-15)14-9-17-16(22-10-14)11-23-25(17)12-18(26)24-6-3-7-24/h2,4-5,8-11H,3,6-7,12H2,1H3. The SMILES string of the molecule is CC(F)(F)c1cccc(-c2cnc3cnn(CC(=O)N4CCC4)c3c2)c1. The largest absolute Gasteiger partial charge is 0.341 e. The second-order valence-corrected chi connectivity index (χ2v) is 6.63. The summed E-state index contributed by atoms with van der Waals surface area (Å²) in [5.41, 5.74) is 2.70. The number of rotatable bonds is 4. The molecular weight excluding hydrogens is 338 g/mol. The van der Waals surface area contributed by atoms with Gasteiger partial charge >= 0.3 is 0 Å². The molecule has 4 rings (SSSR count). The minimum absolute atomic E-state index is 0.0271. The lowest BCUT2D eigenvalue weighted by atomic mass is 10.0. The second kappa shape index (κ2) is 6.16. The van der Waals surface area contributed by atoms with Gasteiger partial charge in [-0.15, -0.1) is 0 Å².